The SMILES string of the molecule is CC1(C(=O)N2CCCC(C(=O)Nc3nncs3)C2)CC1(Cl)Cl. The summed E-state index contributed by atoms with van der Waals surface area (Å²) in [4.78, 5) is 26.6. The summed E-state index contributed by atoms with van der Waals surface area (Å²) in [5.74, 6) is -0.437. The molecule has 1 aromatic rings. The molecule has 120 valence electrons. The lowest BCUT2D eigenvalue weighted by Gasteiger charge is -2.34. The molecule has 2 unspecified atom stereocenters. The molecule has 0 aromatic carbocycles. The molecule has 1 saturated carbocycles. The van der Waals surface area contributed by atoms with Crippen molar-refractivity contribution in [3.05, 3.63) is 5.51 Å². The molecule has 1 aliphatic heterocycles. The predicted molar refractivity (Wildman–Crippen MR) is 85.0 cm³/mol. The lowest BCUT2D eigenvalue weighted by molar-refractivity contribution is -0.139. The van der Waals surface area contributed by atoms with E-state index < -0.39 is 9.75 Å². The van der Waals surface area contributed by atoms with Gasteiger partial charge >= 0.3 is 0 Å². The van der Waals surface area contributed by atoms with E-state index in [1.807, 2.05) is 0 Å². The lowest BCUT2D eigenvalue weighted by atomic mass is 9.95. The van der Waals surface area contributed by atoms with Crippen molar-refractivity contribution in [1.82, 2.24) is 15.1 Å². The topological polar surface area (TPSA) is 75.2 Å². The van der Waals surface area contributed by atoms with Crippen LogP contribution in [0.4, 0.5) is 5.13 Å². The minimum atomic E-state index is -0.980. The number of carbonyl (C=O) groups is 2. The fourth-order valence-corrected chi connectivity index (χ4v) is 3.94. The van der Waals surface area contributed by atoms with Crippen molar-refractivity contribution >= 4 is 51.5 Å². The van der Waals surface area contributed by atoms with Gasteiger partial charge in [0.2, 0.25) is 16.9 Å². The van der Waals surface area contributed by atoms with Gasteiger partial charge in [-0.15, -0.1) is 33.4 Å². The maximum Gasteiger partial charge on any atom is 0.231 e. The number of hydrogen-bond acceptors (Lipinski definition) is 5. The van der Waals surface area contributed by atoms with E-state index in [2.05, 4.69) is 15.5 Å². The largest absolute Gasteiger partial charge is 0.341 e. The summed E-state index contributed by atoms with van der Waals surface area (Å²) < 4.78 is -0.980. The Balaban J connectivity index is 1.62. The molecule has 2 atom stereocenters. The Morgan fingerprint density at radius 2 is 2.23 bits per heavy atom. The molecule has 1 aliphatic carbocycles. The number of anilines is 1. The van der Waals surface area contributed by atoms with Crippen LogP contribution in [0.2, 0.25) is 0 Å². The lowest BCUT2D eigenvalue weighted by Crippen LogP contribution is -2.47. The van der Waals surface area contributed by atoms with Crippen LogP contribution in [0, 0.1) is 11.3 Å². The number of likely N-dealkylation sites (tertiary alicyclic amines) is 1. The van der Waals surface area contributed by atoms with Crippen LogP contribution in [0.25, 0.3) is 0 Å². The maximum absolute atomic E-state index is 12.6. The Bertz CT molecular complexity index is 595. The van der Waals surface area contributed by atoms with Crippen LogP contribution in [-0.2, 0) is 9.59 Å². The number of amides is 2. The molecule has 2 aliphatic rings. The molecule has 0 spiro atoms. The van der Waals surface area contributed by atoms with E-state index in [0.29, 0.717) is 24.6 Å². The highest BCUT2D eigenvalue weighted by Crippen LogP contribution is 2.64. The molecule has 9 heteroatoms. The van der Waals surface area contributed by atoms with Gasteiger partial charge < -0.3 is 10.2 Å². The summed E-state index contributed by atoms with van der Waals surface area (Å²) in [6, 6.07) is 0. The Labute approximate surface area is 142 Å². The molecule has 2 heterocycles. The number of rotatable bonds is 3. The van der Waals surface area contributed by atoms with Crippen LogP contribution in [0.3, 0.4) is 0 Å². The highest BCUT2D eigenvalue weighted by Gasteiger charge is 2.68. The molecule has 3 rings (SSSR count). The third-order valence-electron chi connectivity index (χ3n) is 4.40. The van der Waals surface area contributed by atoms with Crippen molar-refractivity contribution in [3.8, 4) is 0 Å². The van der Waals surface area contributed by atoms with Crippen LogP contribution >= 0.6 is 34.5 Å². The molecular formula is C13H16Cl2N4O2S. The molecule has 1 aromatic heterocycles. The smallest absolute Gasteiger partial charge is 0.231 e. The van der Waals surface area contributed by atoms with Crippen LogP contribution in [0.5, 0.6) is 0 Å². The molecule has 2 fully saturated rings. The molecule has 0 bridgehead atoms. The third kappa shape index (κ3) is 2.81. The molecule has 1 N–H and O–H groups in total. The van der Waals surface area contributed by atoms with Crippen LogP contribution in [0.1, 0.15) is 26.2 Å². The highest BCUT2D eigenvalue weighted by atomic mass is 35.5. The molecule has 1 saturated heterocycles. The maximum atomic E-state index is 12.6. The molecule has 22 heavy (non-hydrogen) atoms. The average molecular weight is 363 g/mol. The summed E-state index contributed by atoms with van der Waals surface area (Å²) in [6.45, 7) is 2.81. The number of hydrogen-bond donors (Lipinski definition) is 1. The first-order valence-electron chi connectivity index (χ1n) is 7.08. The van der Waals surface area contributed by atoms with Crippen molar-refractivity contribution in [2.24, 2.45) is 11.3 Å². The number of nitrogens with one attached hydrogen (secondary N) is 1. The van der Waals surface area contributed by atoms with Gasteiger partial charge in [-0.25, -0.2) is 0 Å². The third-order valence-corrected chi connectivity index (χ3v) is 6.11. The standard InChI is InChI=1S/C13H16Cl2N4O2S/c1-12(6-13(12,14)15)10(21)19-4-2-3-8(5-19)9(20)17-11-18-16-7-22-11/h7-8H,2-6H2,1H3,(H,17,18,20). The minimum absolute atomic E-state index is 0.0640. The second-order valence-corrected chi connectivity index (χ2v) is 8.35. The zero-order valence-electron chi connectivity index (χ0n) is 12.0. The summed E-state index contributed by atoms with van der Waals surface area (Å²) in [5, 5.41) is 10.7. The van der Waals surface area contributed by atoms with Gasteiger partial charge in [0.1, 0.15) is 9.84 Å². The van der Waals surface area contributed by atoms with Gasteiger partial charge in [0, 0.05) is 13.1 Å². The molecule has 2 amide bonds. The van der Waals surface area contributed by atoms with Crippen molar-refractivity contribution < 1.29 is 9.59 Å². The number of piperidine rings is 1. The van der Waals surface area contributed by atoms with E-state index in [9.17, 15) is 9.59 Å². The summed E-state index contributed by atoms with van der Waals surface area (Å²) in [7, 11) is 0. The van der Waals surface area contributed by atoms with Crippen molar-refractivity contribution in [1.29, 1.82) is 0 Å². The Hall–Kier alpha value is -0.920. The van der Waals surface area contributed by atoms with Crippen LogP contribution in [0.15, 0.2) is 5.51 Å². The molecule has 0 radical (unpaired) electrons. The van der Waals surface area contributed by atoms with Crippen molar-refractivity contribution in [2.75, 3.05) is 18.4 Å². The van der Waals surface area contributed by atoms with E-state index in [-0.39, 0.29) is 17.7 Å². The molecular weight excluding hydrogens is 347 g/mol. The zero-order chi connectivity index (χ0) is 16.0. The van der Waals surface area contributed by atoms with E-state index in [1.54, 1.807) is 17.3 Å². The first-order chi connectivity index (χ1) is 10.3. The number of alkyl halides is 2. The van der Waals surface area contributed by atoms with E-state index in [4.69, 9.17) is 23.2 Å². The molecule has 6 nitrogen and oxygen atoms in total. The van der Waals surface area contributed by atoms with Crippen LogP contribution in [-0.4, -0.2) is 44.3 Å². The van der Waals surface area contributed by atoms with E-state index in [1.165, 1.54) is 11.3 Å². The normalized spacial score (nSPS) is 30.0. The van der Waals surface area contributed by atoms with Gasteiger partial charge in [0.15, 0.2) is 0 Å². The number of halogens is 2. The van der Waals surface area contributed by atoms with Gasteiger partial charge in [-0.3, -0.25) is 9.59 Å². The summed E-state index contributed by atoms with van der Waals surface area (Å²) >= 11 is 13.4. The number of carbonyl (C=O) groups excluding carboxylic acids is 2. The van der Waals surface area contributed by atoms with Crippen molar-refractivity contribution in [3.63, 3.8) is 0 Å². The van der Waals surface area contributed by atoms with Crippen LogP contribution < -0.4 is 5.32 Å². The Morgan fingerprint density at radius 1 is 1.50 bits per heavy atom. The van der Waals surface area contributed by atoms with Crippen molar-refractivity contribution in [2.45, 2.75) is 30.5 Å². The van der Waals surface area contributed by atoms with Gasteiger partial charge in [-0.1, -0.05) is 11.3 Å². The van der Waals surface area contributed by atoms with Gasteiger partial charge in [-0.2, -0.15) is 0 Å². The number of aromatic nitrogens is 2. The minimum Gasteiger partial charge on any atom is -0.341 e. The summed E-state index contributed by atoms with van der Waals surface area (Å²) in [5.41, 5.74) is 0.828. The van der Waals surface area contributed by atoms with Gasteiger partial charge in [0.05, 0.1) is 11.3 Å². The predicted octanol–water partition coefficient (Wildman–Crippen LogP) is 2.30. The second kappa shape index (κ2) is 5.62. The summed E-state index contributed by atoms with van der Waals surface area (Å²) in [6.07, 6.45) is 1.99. The first-order valence-corrected chi connectivity index (χ1v) is 8.71. The monoisotopic (exact) mass is 362 g/mol. The zero-order valence-corrected chi connectivity index (χ0v) is 14.3. The van der Waals surface area contributed by atoms with Gasteiger partial charge in [0.25, 0.3) is 0 Å². The van der Waals surface area contributed by atoms with E-state index in [0.717, 1.165) is 12.8 Å². The highest BCUT2D eigenvalue weighted by molar-refractivity contribution is 7.13. The Morgan fingerprint density at radius 3 is 2.82 bits per heavy atom. The fourth-order valence-electron chi connectivity index (χ4n) is 2.79. The van der Waals surface area contributed by atoms with E-state index >= 15 is 0 Å². The Kier molecular flexibility index (Phi) is 4.07. The average Bonchev–Trinajstić information content (AvgIpc) is 2.84. The second-order valence-electron chi connectivity index (χ2n) is 6.04. The van der Waals surface area contributed by atoms with Gasteiger partial charge in [-0.05, 0) is 26.2 Å². The number of nitrogens with zero attached hydrogens (tertiary/aromatic N) is 3. The fraction of sp³-hybridized carbons (Fsp3) is 0.692. The first kappa shape index (κ1) is 16.0. The quantitative estimate of drug-likeness (QED) is 0.837.